The minimum absolute atomic E-state index is 0.0539. The summed E-state index contributed by atoms with van der Waals surface area (Å²) in [5, 5.41) is 0. The third kappa shape index (κ3) is 3.06. The van der Waals surface area contributed by atoms with Crippen LogP contribution in [0.4, 0.5) is 17.1 Å². The molecule has 2 aliphatic carbocycles. The number of hydrogen-bond donors (Lipinski definition) is 0. The van der Waals surface area contributed by atoms with Crippen LogP contribution in [0.1, 0.15) is 49.9 Å². The van der Waals surface area contributed by atoms with Gasteiger partial charge >= 0.3 is 0 Å². The number of hydrogen-bond acceptors (Lipinski definition) is 1. The fourth-order valence-corrected chi connectivity index (χ4v) is 6.57. The molecule has 178 valence electrons. The second kappa shape index (κ2) is 7.61. The molecule has 0 saturated carbocycles. The van der Waals surface area contributed by atoms with Crippen molar-refractivity contribution in [3.63, 3.8) is 0 Å². The molecule has 0 radical (unpaired) electrons. The minimum Gasteiger partial charge on any atom is -0.303 e. The topological polar surface area (TPSA) is 3.24 Å². The molecule has 0 bridgehead atoms. The van der Waals surface area contributed by atoms with Crippen molar-refractivity contribution in [1.29, 1.82) is 0 Å². The zero-order chi connectivity index (χ0) is 25.4. The van der Waals surface area contributed by atoms with Gasteiger partial charge in [0.2, 0.25) is 0 Å². The maximum absolute atomic E-state index is 3.38. The molecule has 1 heteroatoms. The zero-order valence-electron chi connectivity index (χ0n) is 21.8. The molecule has 5 aromatic rings. The minimum atomic E-state index is -0.0539. The summed E-state index contributed by atoms with van der Waals surface area (Å²) in [6.07, 6.45) is 0. The van der Waals surface area contributed by atoms with Crippen LogP contribution in [0.3, 0.4) is 0 Å². The molecule has 7 rings (SSSR count). The zero-order valence-corrected chi connectivity index (χ0v) is 21.8. The van der Waals surface area contributed by atoms with Crippen molar-refractivity contribution in [1.82, 2.24) is 0 Å². The molecule has 0 amide bonds. The van der Waals surface area contributed by atoms with Gasteiger partial charge in [-0.15, -0.1) is 0 Å². The van der Waals surface area contributed by atoms with Crippen LogP contribution in [-0.2, 0) is 10.8 Å². The van der Waals surface area contributed by atoms with Gasteiger partial charge in [0.1, 0.15) is 0 Å². The largest absolute Gasteiger partial charge is 0.303 e. The Hall–Kier alpha value is -4.28. The van der Waals surface area contributed by atoms with Crippen molar-refractivity contribution < 1.29 is 0 Å². The number of rotatable bonds is 3. The van der Waals surface area contributed by atoms with E-state index in [1.165, 1.54) is 44.5 Å². The molecular weight excluding hydrogens is 446 g/mol. The highest BCUT2D eigenvalue weighted by molar-refractivity contribution is 5.87. The Morgan fingerprint density at radius 2 is 1.00 bits per heavy atom. The van der Waals surface area contributed by atoms with Gasteiger partial charge in [0.05, 0.1) is 5.69 Å². The van der Waals surface area contributed by atoms with E-state index in [9.17, 15) is 0 Å². The third-order valence-electron chi connectivity index (χ3n) is 8.53. The van der Waals surface area contributed by atoms with Gasteiger partial charge in [0.15, 0.2) is 0 Å². The van der Waals surface area contributed by atoms with E-state index in [-0.39, 0.29) is 10.8 Å². The Morgan fingerprint density at radius 1 is 0.514 bits per heavy atom. The highest BCUT2D eigenvalue weighted by Gasteiger charge is 2.37. The summed E-state index contributed by atoms with van der Waals surface area (Å²) < 4.78 is 0. The van der Waals surface area contributed by atoms with E-state index in [0.717, 1.165) is 17.1 Å². The average Bonchev–Trinajstić information content (AvgIpc) is 3.29. The third-order valence-corrected chi connectivity index (χ3v) is 8.53. The maximum atomic E-state index is 3.38. The van der Waals surface area contributed by atoms with E-state index < -0.39 is 0 Å². The van der Waals surface area contributed by atoms with Gasteiger partial charge in [-0.05, 0) is 87.0 Å². The number of fused-ring (bicyclic) bond motifs is 6. The average molecular weight is 476 g/mol. The predicted molar refractivity (Wildman–Crippen MR) is 154 cm³/mol. The summed E-state index contributed by atoms with van der Waals surface area (Å²) in [6, 6.07) is 44.1. The molecule has 0 atom stereocenters. The Balaban J connectivity index is 1.41. The Kier molecular flexibility index (Phi) is 4.52. The Morgan fingerprint density at radius 3 is 1.49 bits per heavy atom. The Bertz CT molecular complexity index is 1570. The van der Waals surface area contributed by atoms with Gasteiger partial charge < -0.3 is 4.90 Å². The van der Waals surface area contributed by atoms with Crippen LogP contribution < -0.4 is 4.90 Å². The number of nitrogens with zero attached hydrogens (tertiary/aromatic N) is 1. The van der Waals surface area contributed by atoms with E-state index in [1.807, 2.05) is 12.1 Å². The van der Waals surface area contributed by atoms with Crippen molar-refractivity contribution in [2.24, 2.45) is 0 Å². The lowest BCUT2D eigenvalue weighted by Gasteiger charge is -2.28. The lowest BCUT2D eigenvalue weighted by Crippen LogP contribution is -2.17. The first-order valence-corrected chi connectivity index (χ1v) is 13.0. The van der Waals surface area contributed by atoms with Gasteiger partial charge in [0.25, 0.3) is 0 Å². The molecule has 5 aromatic carbocycles. The highest BCUT2D eigenvalue weighted by Crippen LogP contribution is 2.52. The summed E-state index contributed by atoms with van der Waals surface area (Å²) in [4.78, 5) is 2.33. The van der Waals surface area contributed by atoms with Crippen molar-refractivity contribution in [3.05, 3.63) is 138 Å². The molecule has 2 aliphatic rings. The fraction of sp³-hybridized carbons (Fsp3) is 0.167. The van der Waals surface area contributed by atoms with E-state index in [0.29, 0.717) is 0 Å². The van der Waals surface area contributed by atoms with Gasteiger partial charge in [0, 0.05) is 22.2 Å². The van der Waals surface area contributed by atoms with Gasteiger partial charge in [-0.25, -0.2) is 0 Å². The standard InChI is InChI=1S/C36H29N/c1-35(2)31-16-10-8-14-27(31)29-20-18-25(22-33(29)35)37(24-12-6-5-7-13-24)26-19-21-30-28-15-9-11-17-32(28)36(3,4)34(30)23-26/h5-6,8-12,14-23H,1-4H3. The van der Waals surface area contributed by atoms with Gasteiger partial charge in [-0.1, -0.05) is 100 Å². The SMILES string of the molecule is CC1(C)c2ccccc2-c2ccc(N(c3c#cccc3)c3ccc4c(c3)C(C)(C)c3ccccc3-4)cc21. The quantitative estimate of drug-likeness (QED) is 0.251. The number of anilines is 3. The van der Waals surface area contributed by atoms with Gasteiger partial charge in [-0.2, -0.15) is 0 Å². The second-order valence-corrected chi connectivity index (χ2v) is 11.3. The van der Waals surface area contributed by atoms with Crippen molar-refractivity contribution in [2.45, 2.75) is 38.5 Å². The lowest BCUT2D eigenvalue weighted by molar-refractivity contribution is 0.660. The van der Waals surface area contributed by atoms with Crippen LogP contribution >= 0.6 is 0 Å². The fourth-order valence-electron chi connectivity index (χ4n) is 6.57. The van der Waals surface area contributed by atoms with E-state index in [1.54, 1.807) is 0 Å². The Labute approximate surface area is 220 Å². The van der Waals surface area contributed by atoms with Crippen LogP contribution in [-0.4, -0.2) is 0 Å². The molecule has 0 heterocycles. The summed E-state index contributed by atoms with van der Waals surface area (Å²) in [5.41, 5.74) is 14.0. The molecular formula is C36H29N. The van der Waals surface area contributed by atoms with E-state index in [2.05, 4.69) is 136 Å². The maximum Gasteiger partial charge on any atom is 0.0973 e. The van der Waals surface area contributed by atoms with Crippen LogP contribution in [0.2, 0.25) is 0 Å². The first-order chi connectivity index (χ1) is 17.9. The summed E-state index contributed by atoms with van der Waals surface area (Å²) in [5.74, 6) is 0. The molecule has 0 N–H and O–H groups in total. The summed E-state index contributed by atoms with van der Waals surface area (Å²) in [7, 11) is 0. The normalized spacial score (nSPS) is 15.2. The molecule has 0 aromatic heterocycles. The molecule has 0 spiro atoms. The summed E-state index contributed by atoms with van der Waals surface area (Å²) in [6.45, 7) is 9.35. The smallest absolute Gasteiger partial charge is 0.0973 e. The van der Waals surface area contributed by atoms with Gasteiger partial charge in [-0.3, -0.25) is 0 Å². The first kappa shape index (κ1) is 22.0. The van der Waals surface area contributed by atoms with Crippen LogP contribution in [0.5, 0.6) is 0 Å². The molecule has 1 nitrogen and oxygen atoms in total. The van der Waals surface area contributed by atoms with Crippen molar-refractivity contribution in [3.8, 4) is 22.3 Å². The van der Waals surface area contributed by atoms with Crippen LogP contribution in [0.15, 0.2) is 103 Å². The summed E-state index contributed by atoms with van der Waals surface area (Å²) >= 11 is 0. The van der Waals surface area contributed by atoms with E-state index >= 15 is 0 Å². The second-order valence-electron chi connectivity index (χ2n) is 11.3. The first-order valence-electron chi connectivity index (χ1n) is 13.0. The number of benzene rings is 4. The predicted octanol–water partition coefficient (Wildman–Crippen LogP) is 9.37. The van der Waals surface area contributed by atoms with Crippen LogP contribution in [0, 0.1) is 12.1 Å². The van der Waals surface area contributed by atoms with E-state index in [4.69, 9.17) is 0 Å². The molecule has 0 saturated heterocycles. The molecule has 0 aliphatic heterocycles. The molecule has 37 heavy (non-hydrogen) atoms. The highest BCUT2D eigenvalue weighted by atomic mass is 15.1. The monoisotopic (exact) mass is 475 g/mol. The molecule has 0 unspecified atom stereocenters. The van der Waals surface area contributed by atoms with Crippen LogP contribution in [0.25, 0.3) is 22.3 Å². The molecule has 0 fully saturated rings. The lowest BCUT2D eigenvalue weighted by atomic mass is 9.82. The van der Waals surface area contributed by atoms with Crippen molar-refractivity contribution in [2.75, 3.05) is 4.90 Å². The van der Waals surface area contributed by atoms with Crippen molar-refractivity contribution >= 4 is 17.1 Å².